The Bertz CT molecular complexity index is 1060. The number of nitrogens with one attached hydrogen (secondary N) is 2. The Balaban J connectivity index is 1.97. The number of amides is 1. The molecule has 8 nitrogen and oxygen atoms in total. The second-order valence-corrected chi connectivity index (χ2v) is 8.59. The third-order valence-electron chi connectivity index (χ3n) is 4.41. The van der Waals surface area contributed by atoms with Gasteiger partial charge in [-0.3, -0.25) is 4.79 Å². The number of hydrogen-bond donors (Lipinski definition) is 2. The number of benzene rings is 2. The highest BCUT2D eigenvalue weighted by atomic mass is 32.2. The van der Waals surface area contributed by atoms with Crippen LogP contribution in [0.3, 0.4) is 0 Å². The van der Waals surface area contributed by atoms with E-state index in [0.717, 1.165) is 17.2 Å². The maximum Gasteiger partial charge on any atom is 0.331 e. The van der Waals surface area contributed by atoms with Crippen molar-refractivity contribution in [2.75, 3.05) is 14.2 Å². The Morgan fingerprint density at radius 3 is 2.42 bits per heavy atom. The van der Waals surface area contributed by atoms with Crippen LogP contribution in [0.4, 0.5) is 0 Å². The number of hydrogen-bond acceptors (Lipinski definition) is 6. The zero-order valence-corrected chi connectivity index (χ0v) is 18.7. The number of aryl methyl sites for hydroxylation is 1. The molecule has 1 atom stereocenters. The number of methoxy groups -OCH3 is 1. The molecule has 2 rings (SSSR count). The molecule has 31 heavy (non-hydrogen) atoms. The summed E-state index contributed by atoms with van der Waals surface area (Å²) in [5.74, 6) is -0.978. The van der Waals surface area contributed by atoms with E-state index in [4.69, 9.17) is 9.47 Å². The normalized spacial score (nSPS) is 12.4. The highest BCUT2D eigenvalue weighted by molar-refractivity contribution is 7.89. The quantitative estimate of drug-likeness (QED) is 0.451. The van der Waals surface area contributed by atoms with Crippen LogP contribution in [0.2, 0.25) is 0 Å². The number of carbonyl (C=O) groups excluding carboxylic acids is 2. The van der Waals surface area contributed by atoms with Crippen molar-refractivity contribution in [2.24, 2.45) is 0 Å². The summed E-state index contributed by atoms with van der Waals surface area (Å²) >= 11 is 0. The van der Waals surface area contributed by atoms with E-state index in [1.165, 1.54) is 39.3 Å². The van der Waals surface area contributed by atoms with Gasteiger partial charge in [0.2, 0.25) is 10.0 Å². The van der Waals surface area contributed by atoms with Crippen LogP contribution < -0.4 is 14.8 Å². The van der Waals surface area contributed by atoms with Crippen molar-refractivity contribution in [3.63, 3.8) is 0 Å². The average Bonchev–Trinajstić information content (AvgIpc) is 2.76. The lowest BCUT2D eigenvalue weighted by atomic mass is 10.1. The Hall–Kier alpha value is -3.17. The van der Waals surface area contributed by atoms with Crippen LogP contribution >= 0.6 is 0 Å². The molecule has 0 saturated carbocycles. The predicted octanol–water partition coefficient (Wildman–Crippen LogP) is 2.17. The highest BCUT2D eigenvalue weighted by Crippen LogP contribution is 2.25. The fourth-order valence-corrected chi connectivity index (χ4v) is 3.51. The molecule has 0 aliphatic heterocycles. The SMILES string of the molecule is CNS(=O)(=O)c1cc(/C=C/C(=O)OC(C)C(=O)NCc2ccc(C)cc2)ccc1OC. The predicted molar refractivity (Wildman–Crippen MR) is 117 cm³/mol. The molecule has 2 aromatic rings. The first kappa shape index (κ1) is 24.1. The van der Waals surface area contributed by atoms with E-state index in [1.807, 2.05) is 31.2 Å². The minimum atomic E-state index is -3.74. The summed E-state index contributed by atoms with van der Waals surface area (Å²) in [5.41, 5.74) is 2.50. The molecule has 0 spiro atoms. The monoisotopic (exact) mass is 446 g/mol. The zero-order valence-electron chi connectivity index (χ0n) is 17.8. The molecule has 0 aliphatic carbocycles. The Kier molecular flexibility index (Phi) is 8.35. The Labute approximate surface area is 182 Å². The fourth-order valence-electron chi connectivity index (χ4n) is 2.59. The smallest absolute Gasteiger partial charge is 0.331 e. The molecule has 2 N–H and O–H groups in total. The molecule has 0 aliphatic rings. The first-order valence-corrected chi connectivity index (χ1v) is 11.0. The Morgan fingerprint density at radius 2 is 1.81 bits per heavy atom. The molecule has 9 heteroatoms. The number of esters is 1. The minimum Gasteiger partial charge on any atom is -0.495 e. The molecule has 0 aromatic heterocycles. The first-order chi connectivity index (χ1) is 14.7. The van der Waals surface area contributed by atoms with Crippen molar-refractivity contribution in [1.29, 1.82) is 0 Å². The molecule has 0 saturated heterocycles. The van der Waals surface area contributed by atoms with E-state index >= 15 is 0 Å². The van der Waals surface area contributed by atoms with E-state index in [9.17, 15) is 18.0 Å². The van der Waals surface area contributed by atoms with Crippen molar-refractivity contribution in [2.45, 2.75) is 31.4 Å². The standard InChI is InChI=1S/C22H26N2O6S/c1-15-5-7-18(8-6-15)14-24-22(26)16(2)30-21(25)12-10-17-9-11-19(29-4)20(13-17)31(27,28)23-3/h5-13,16,23H,14H2,1-4H3,(H,24,26)/b12-10+. The summed E-state index contributed by atoms with van der Waals surface area (Å²) in [6, 6.07) is 12.2. The Morgan fingerprint density at radius 1 is 1.13 bits per heavy atom. The minimum absolute atomic E-state index is 0.0585. The second kappa shape index (κ2) is 10.7. The molecule has 1 amide bonds. The molecule has 2 aromatic carbocycles. The van der Waals surface area contributed by atoms with Crippen LogP contribution in [0, 0.1) is 6.92 Å². The van der Waals surface area contributed by atoms with Crippen LogP contribution in [0.25, 0.3) is 6.08 Å². The number of rotatable bonds is 9. The molecule has 166 valence electrons. The maximum atomic E-state index is 12.2. The van der Waals surface area contributed by atoms with E-state index < -0.39 is 28.0 Å². The third-order valence-corrected chi connectivity index (χ3v) is 5.84. The van der Waals surface area contributed by atoms with Crippen LogP contribution in [-0.2, 0) is 30.9 Å². The van der Waals surface area contributed by atoms with E-state index in [1.54, 1.807) is 6.07 Å². The van der Waals surface area contributed by atoms with Gasteiger partial charge in [0.05, 0.1) is 7.11 Å². The summed E-state index contributed by atoms with van der Waals surface area (Å²) in [4.78, 5) is 24.2. The summed E-state index contributed by atoms with van der Waals surface area (Å²) in [6.07, 6.45) is 1.54. The summed E-state index contributed by atoms with van der Waals surface area (Å²) in [7, 11) is -1.09. The first-order valence-electron chi connectivity index (χ1n) is 9.50. The van der Waals surface area contributed by atoms with E-state index in [0.29, 0.717) is 12.1 Å². The van der Waals surface area contributed by atoms with Gasteiger partial charge in [0, 0.05) is 12.6 Å². The van der Waals surface area contributed by atoms with Gasteiger partial charge < -0.3 is 14.8 Å². The van der Waals surface area contributed by atoms with Crippen molar-refractivity contribution in [1.82, 2.24) is 10.0 Å². The molecular formula is C22H26N2O6S. The van der Waals surface area contributed by atoms with Gasteiger partial charge in [-0.05, 0) is 50.2 Å². The lowest BCUT2D eigenvalue weighted by Gasteiger charge is -2.12. The topological polar surface area (TPSA) is 111 Å². The average molecular weight is 447 g/mol. The molecular weight excluding hydrogens is 420 g/mol. The fraction of sp³-hybridized carbons (Fsp3) is 0.273. The zero-order chi connectivity index (χ0) is 23.0. The van der Waals surface area contributed by atoms with E-state index in [2.05, 4.69) is 10.0 Å². The van der Waals surface area contributed by atoms with Gasteiger partial charge in [-0.15, -0.1) is 0 Å². The van der Waals surface area contributed by atoms with E-state index in [-0.39, 0.29) is 10.6 Å². The molecule has 0 fully saturated rings. The van der Waals surface area contributed by atoms with Crippen molar-refractivity contribution >= 4 is 28.0 Å². The molecule has 0 radical (unpaired) electrons. The molecule has 1 unspecified atom stereocenters. The van der Waals surface area contributed by atoms with Crippen LogP contribution in [-0.4, -0.2) is 40.6 Å². The number of carbonyl (C=O) groups is 2. The highest BCUT2D eigenvalue weighted by Gasteiger charge is 2.18. The van der Waals surface area contributed by atoms with Gasteiger partial charge >= 0.3 is 5.97 Å². The molecule has 0 bridgehead atoms. The van der Waals surface area contributed by atoms with Gasteiger partial charge in [0.15, 0.2) is 6.10 Å². The van der Waals surface area contributed by atoms with Crippen molar-refractivity contribution < 1.29 is 27.5 Å². The largest absolute Gasteiger partial charge is 0.495 e. The molecule has 0 heterocycles. The van der Waals surface area contributed by atoms with Gasteiger partial charge in [0.1, 0.15) is 10.6 Å². The van der Waals surface area contributed by atoms with Crippen LogP contribution in [0.5, 0.6) is 5.75 Å². The lowest BCUT2D eigenvalue weighted by Crippen LogP contribution is -2.35. The maximum absolute atomic E-state index is 12.2. The summed E-state index contributed by atoms with van der Waals surface area (Å²) < 4.78 is 36.6. The van der Waals surface area contributed by atoms with Crippen molar-refractivity contribution in [3.05, 3.63) is 65.2 Å². The third kappa shape index (κ3) is 6.94. The van der Waals surface area contributed by atoms with Gasteiger partial charge in [-0.2, -0.15) is 0 Å². The van der Waals surface area contributed by atoms with Gasteiger partial charge in [0.25, 0.3) is 5.91 Å². The van der Waals surface area contributed by atoms with Crippen LogP contribution in [0.15, 0.2) is 53.4 Å². The number of sulfonamides is 1. The lowest BCUT2D eigenvalue weighted by molar-refractivity contribution is -0.150. The number of ether oxygens (including phenoxy) is 2. The van der Waals surface area contributed by atoms with Gasteiger partial charge in [-0.1, -0.05) is 35.9 Å². The van der Waals surface area contributed by atoms with Crippen molar-refractivity contribution in [3.8, 4) is 5.75 Å². The summed E-state index contributed by atoms with van der Waals surface area (Å²) in [5, 5.41) is 2.71. The van der Waals surface area contributed by atoms with Crippen LogP contribution in [0.1, 0.15) is 23.6 Å². The van der Waals surface area contributed by atoms with Gasteiger partial charge in [-0.25, -0.2) is 17.9 Å². The second-order valence-electron chi connectivity index (χ2n) is 6.73. The summed E-state index contributed by atoms with van der Waals surface area (Å²) in [6.45, 7) is 3.77.